The minimum Gasteiger partial charge on any atom is -0.306 e. The Morgan fingerprint density at radius 1 is 1.10 bits per heavy atom. The third-order valence-corrected chi connectivity index (χ3v) is 4.69. The molecule has 0 aliphatic heterocycles. The lowest BCUT2D eigenvalue weighted by Gasteiger charge is -2.23. The van der Waals surface area contributed by atoms with Gasteiger partial charge in [-0.15, -0.1) is 0 Å². The smallest absolute Gasteiger partial charge is 0.137 e. The van der Waals surface area contributed by atoms with Gasteiger partial charge >= 0.3 is 0 Å². The van der Waals surface area contributed by atoms with E-state index in [-0.39, 0.29) is 11.9 Å². The van der Waals surface area contributed by atoms with Crippen LogP contribution in [0.4, 0.5) is 4.39 Å². The van der Waals surface area contributed by atoms with E-state index in [0.29, 0.717) is 4.47 Å². The number of nitrogens with one attached hydrogen (secondary N) is 1. The molecule has 0 bridgehead atoms. The Kier molecular flexibility index (Phi) is 5.54. The molecule has 0 aliphatic rings. The van der Waals surface area contributed by atoms with Crippen molar-refractivity contribution >= 4 is 15.9 Å². The largest absolute Gasteiger partial charge is 0.306 e. The normalized spacial score (nSPS) is 12.4. The van der Waals surface area contributed by atoms with Gasteiger partial charge in [0.05, 0.1) is 10.5 Å². The SMILES string of the molecule is CCCNC(c1cccc(C)c1C)c1cccc(F)c1Br. The second-order valence-electron chi connectivity index (χ2n) is 5.32. The molecule has 1 atom stereocenters. The highest BCUT2D eigenvalue weighted by Crippen LogP contribution is 2.32. The van der Waals surface area contributed by atoms with Gasteiger partial charge < -0.3 is 5.32 Å². The first-order chi connectivity index (χ1) is 10.1. The zero-order chi connectivity index (χ0) is 15.4. The van der Waals surface area contributed by atoms with Crippen LogP contribution >= 0.6 is 15.9 Å². The first-order valence-electron chi connectivity index (χ1n) is 7.29. The summed E-state index contributed by atoms with van der Waals surface area (Å²) in [4.78, 5) is 0. The molecule has 0 aromatic heterocycles. The van der Waals surface area contributed by atoms with Crippen molar-refractivity contribution in [3.05, 3.63) is 68.9 Å². The predicted octanol–water partition coefficient (Wildman–Crippen LogP) is 5.29. The summed E-state index contributed by atoms with van der Waals surface area (Å²) in [6.45, 7) is 7.25. The molecule has 0 radical (unpaired) electrons. The highest BCUT2D eigenvalue weighted by atomic mass is 79.9. The summed E-state index contributed by atoms with van der Waals surface area (Å²) in [7, 11) is 0. The van der Waals surface area contributed by atoms with Crippen LogP contribution in [0.2, 0.25) is 0 Å². The fourth-order valence-electron chi connectivity index (χ4n) is 2.51. The summed E-state index contributed by atoms with van der Waals surface area (Å²) in [5.74, 6) is -0.221. The zero-order valence-electron chi connectivity index (χ0n) is 12.7. The van der Waals surface area contributed by atoms with Crippen LogP contribution < -0.4 is 5.32 Å². The molecular weight excluding hydrogens is 329 g/mol. The molecule has 1 nitrogen and oxygen atoms in total. The van der Waals surface area contributed by atoms with E-state index in [2.05, 4.69) is 60.2 Å². The van der Waals surface area contributed by atoms with Gasteiger partial charge in [0.15, 0.2) is 0 Å². The third kappa shape index (κ3) is 3.53. The summed E-state index contributed by atoms with van der Waals surface area (Å²) in [5.41, 5.74) is 4.65. The lowest BCUT2D eigenvalue weighted by molar-refractivity contribution is 0.578. The van der Waals surface area contributed by atoms with E-state index >= 15 is 0 Å². The van der Waals surface area contributed by atoms with Crippen molar-refractivity contribution in [1.82, 2.24) is 5.32 Å². The molecule has 0 saturated carbocycles. The van der Waals surface area contributed by atoms with Crippen LogP contribution in [0.5, 0.6) is 0 Å². The molecule has 2 aromatic carbocycles. The maximum Gasteiger partial charge on any atom is 0.137 e. The highest BCUT2D eigenvalue weighted by Gasteiger charge is 2.20. The summed E-state index contributed by atoms with van der Waals surface area (Å²) in [6, 6.07) is 11.5. The molecule has 21 heavy (non-hydrogen) atoms. The number of benzene rings is 2. The fourth-order valence-corrected chi connectivity index (χ4v) is 3.00. The van der Waals surface area contributed by atoms with E-state index in [4.69, 9.17) is 0 Å². The summed E-state index contributed by atoms with van der Waals surface area (Å²) < 4.78 is 14.4. The van der Waals surface area contributed by atoms with Crippen LogP contribution in [0.1, 0.15) is 41.6 Å². The molecule has 3 heteroatoms. The monoisotopic (exact) mass is 349 g/mol. The van der Waals surface area contributed by atoms with Gasteiger partial charge in [0, 0.05) is 0 Å². The minimum absolute atomic E-state index is 0.00470. The Bertz CT molecular complexity index is 573. The van der Waals surface area contributed by atoms with Gasteiger partial charge in [-0.05, 0) is 71.1 Å². The van der Waals surface area contributed by atoms with Crippen LogP contribution in [-0.2, 0) is 0 Å². The van der Waals surface area contributed by atoms with Crippen LogP contribution in [0.25, 0.3) is 0 Å². The Labute approximate surface area is 134 Å². The molecule has 1 N–H and O–H groups in total. The molecule has 1 unspecified atom stereocenters. The van der Waals surface area contributed by atoms with Crippen molar-refractivity contribution in [2.45, 2.75) is 33.2 Å². The average Bonchev–Trinajstić information content (AvgIpc) is 2.47. The Morgan fingerprint density at radius 3 is 2.48 bits per heavy atom. The molecular formula is C18H21BrFN. The van der Waals surface area contributed by atoms with Gasteiger partial charge in [0.1, 0.15) is 5.82 Å². The zero-order valence-corrected chi connectivity index (χ0v) is 14.3. The second-order valence-corrected chi connectivity index (χ2v) is 6.11. The Morgan fingerprint density at radius 2 is 1.76 bits per heavy atom. The van der Waals surface area contributed by atoms with E-state index in [0.717, 1.165) is 18.5 Å². The number of rotatable bonds is 5. The molecule has 0 aliphatic carbocycles. The second kappa shape index (κ2) is 7.19. The van der Waals surface area contributed by atoms with Gasteiger partial charge in [-0.3, -0.25) is 0 Å². The van der Waals surface area contributed by atoms with Gasteiger partial charge in [-0.1, -0.05) is 37.3 Å². The lowest BCUT2D eigenvalue weighted by atomic mass is 9.92. The highest BCUT2D eigenvalue weighted by molar-refractivity contribution is 9.10. The van der Waals surface area contributed by atoms with Crippen LogP contribution in [0.15, 0.2) is 40.9 Å². The fraction of sp³-hybridized carbons (Fsp3) is 0.333. The van der Waals surface area contributed by atoms with Crippen molar-refractivity contribution in [1.29, 1.82) is 0 Å². The number of halogens is 2. The molecule has 0 spiro atoms. The van der Waals surface area contributed by atoms with Crippen LogP contribution in [-0.4, -0.2) is 6.54 Å². The topological polar surface area (TPSA) is 12.0 Å². The number of aryl methyl sites for hydroxylation is 1. The maximum absolute atomic E-state index is 13.9. The van der Waals surface area contributed by atoms with Crippen molar-refractivity contribution in [3.8, 4) is 0 Å². The molecule has 0 saturated heterocycles. The first-order valence-corrected chi connectivity index (χ1v) is 8.09. The molecule has 112 valence electrons. The standard InChI is InChI=1S/C18H21BrFN/c1-4-11-21-18(14-8-5-7-12(2)13(14)3)15-9-6-10-16(20)17(15)19/h5-10,18,21H,4,11H2,1-3H3. The Hall–Kier alpha value is -1.19. The summed E-state index contributed by atoms with van der Waals surface area (Å²) >= 11 is 3.40. The van der Waals surface area contributed by atoms with Crippen LogP contribution in [0.3, 0.4) is 0 Å². The van der Waals surface area contributed by atoms with Gasteiger partial charge in [0.2, 0.25) is 0 Å². The van der Waals surface area contributed by atoms with Crippen molar-refractivity contribution in [3.63, 3.8) is 0 Å². The molecule has 2 aromatic rings. The molecule has 2 rings (SSSR count). The summed E-state index contributed by atoms with van der Waals surface area (Å²) in [6.07, 6.45) is 1.04. The van der Waals surface area contributed by atoms with E-state index < -0.39 is 0 Å². The minimum atomic E-state index is -0.221. The summed E-state index contributed by atoms with van der Waals surface area (Å²) in [5, 5.41) is 3.54. The van der Waals surface area contributed by atoms with Crippen molar-refractivity contribution in [2.24, 2.45) is 0 Å². The molecule has 0 amide bonds. The first kappa shape index (κ1) is 16.2. The Balaban J connectivity index is 2.52. The van der Waals surface area contributed by atoms with Gasteiger partial charge in [-0.2, -0.15) is 0 Å². The van der Waals surface area contributed by atoms with Gasteiger partial charge in [0.25, 0.3) is 0 Å². The molecule has 0 heterocycles. The van der Waals surface area contributed by atoms with E-state index in [9.17, 15) is 4.39 Å². The third-order valence-electron chi connectivity index (χ3n) is 3.85. The lowest BCUT2D eigenvalue weighted by Crippen LogP contribution is -2.24. The average molecular weight is 350 g/mol. The number of hydrogen-bond donors (Lipinski definition) is 1. The van der Waals surface area contributed by atoms with E-state index in [1.165, 1.54) is 22.8 Å². The van der Waals surface area contributed by atoms with Crippen molar-refractivity contribution < 1.29 is 4.39 Å². The number of hydrogen-bond acceptors (Lipinski definition) is 1. The van der Waals surface area contributed by atoms with Crippen LogP contribution in [0, 0.1) is 19.7 Å². The van der Waals surface area contributed by atoms with E-state index in [1.807, 2.05) is 6.07 Å². The quantitative estimate of drug-likeness (QED) is 0.772. The van der Waals surface area contributed by atoms with Gasteiger partial charge in [-0.25, -0.2) is 4.39 Å². The molecule has 0 fully saturated rings. The maximum atomic E-state index is 13.9. The van der Waals surface area contributed by atoms with Crippen molar-refractivity contribution in [2.75, 3.05) is 6.54 Å². The predicted molar refractivity (Wildman–Crippen MR) is 90.2 cm³/mol. The van der Waals surface area contributed by atoms with E-state index in [1.54, 1.807) is 6.07 Å².